The Hall–Kier alpha value is -0.970. The van der Waals surface area contributed by atoms with Gasteiger partial charge in [-0.05, 0) is 56.4 Å². The molecular weight excluding hydrogens is 366 g/mol. The molecule has 1 aromatic rings. The van der Waals surface area contributed by atoms with E-state index in [1.165, 1.54) is 18.6 Å². The quantitative estimate of drug-likeness (QED) is 0.555. The van der Waals surface area contributed by atoms with Crippen molar-refractivity contribution in [3.8, 4) is 0 Å². The molecule has 0 N–H and O–H groups in total. The van der Waals surface area contributed by atoms with Crippen LogP contribution in [0.2, 0.25) is 0 Å². The molecule has 4 aliphatic rings. The zero-order valence-corrected chi connectivity index (χ0v) is 14.4. The molecule has 5 rings (SSSR count). The highest BCUT2D eigenvalue weighted by Crippen LogP contribution is 2.64. The monoisotopic (exact) mass is 384 g/mol. The molecule has 124 valence electrons. The van der Waals surface area contributed by atoms with Gasteiger partial charge in [-0.3, -0.25) is 4.79 Å². The van der Waals surface area contributed by atoms with Gasteiger partial charge in [0.25, 0.3) is 0 Å². The predicted octanol–water partition coefficient (Wildman–Crippen LogP) is 4.74. The van der Waals surface area contributed by atoms with E-state index in [0.29, 0.717) is 11.8 Å². The number of benzene rings is 1. The van der Waals surface area contributed by atoms with Crippen LogP contribution in [0.15, 0.2) is 18.2 Å². The molecule has 23 heavy (non-hydrogen) atoms. The van der Waals surface area contributed by atoms with Crippen LogP contribution >= 0.6 is 15.9 Å². The first-order valence-electron chi connectivity index (χ1n) is 8.18. The average Bonchev–Trinajstić information content (AvgIpc) is 2.46. The topological polar surface area (TPSA) is 26.3 Å². The van der Waals surface area contributed by atoms with E-state index < -0.39 is 17.0 Å². The van der Waals surface area contributed by atoms with Crippen LogP contribution in [-0.2, 0) is 16.1 Å². The maximum absolute atomic E-state index is 13.7. The molecule has 2 nitrogen and oxygen atoms in total. The number of carbonyl (C=O) groups is 1. The molecular formula is C18H19BrF2O2. The maximum atomic E-state index is 13.7. The number of alkyl halides is 1. The Kier molecular flexibility index (Phi) is 3.56. The third-order valence-corrected chi connectivity index (χ3v) is 6.74. The van der Waals surface area contributed by atoms with Crippen LogP contribution in [-0.4, -0.2) is 10.3 Å². The lowest BCUT2D eigenvalue weighted by atomic mass is 9.49. The maximum Gasteiger partial charge on any atom is 0.312 e. The van der Waals surface area contributed by atoms with Gasteiger partial charge in [-0.2, -0.15) is 0 Å². The minimum Gasteiger partial charge on any atom is -0.460 e. The first-order valence-corrected chi connectivity index (χ1v) is 8.98. The summed E-state index contributed by atoms with van der Waals surface area (Å²) in [5.41, 5.74) is -0.339. The first-order chi connectivity index (χ1) is 10.9. The van der Waals surface area contributed by atoms with E-state index in [1.54, 1.807) is 0 Å². The Morgan fingerprint density at radius 1 is 1.22 bits per heavy atom. The molecule has 0 heterocycles. The third-order valence-electron chi connectivity index (χ3n) is 5.81. The van der Waals surface area contributed by atoms with Crippen molar-refractivity contribution >= 4 is 21.9 Å². The van der Waals surface area contributed by atoms with E-state index in [9.17, 15) is 13.6 Å². The van der Waals surface area contributed by atoms with Crippen molar-refractivity contribution in [2.45, 2.75) is 49.5 Å². The molecule has 4 saturated carbocycles. The Balaban J connectivity index is 1.50. The second-order valence-electron chi connectivity index (χ2n) is 7.68. The van der Waals surface area contributed by atoms with E-state index >= 15 is 0 Å². The number of carbonyl (C=O) groups excluding carboxylic acids is 1. The molecule has 1 aromatic carbocycles. The molecule has 0 amide bonds. The fourth-order valence-electron chi connectivity index (χ4n) is 5.35. The molecule has 2 unspecified atom stereocenters. The van der Waals surface area contributed by atoms with Crippen molar-refractivity contribution in [2.24, 2.45) is 17.3 Å². The predicted molar refractivity (Wildman–Crippen MR) is 84.9 cm³/mol. The summed E-state index contributed by atoms with van der Waals surface area (Å²) in [6.07, 6.45) is 6.04. The Bertz CT molecular complexity index is 646. The number of hydrogen-bond donors (Lipinski definition) is 0. The Morgan fingerprint density at radius 3 is 2.57 bits per heavy atom. The third kappa shape index (κ3) is 2.61. The van der Waals surface area contributed by atoms with Gasteiger partial charge in [0, 0.05) is 9.89 Å². The van der Waals surface area contributed by atoms with Crippen molar-refractivity contribution in [2.75, 3.05) is 0 Å². The average molecular weight is 385 g/mol. The molecule has 0 spiro atoms. The zero-order chi connectivity index (χ0) is 16.2. The first kappa shape index (κ1) is 15.6. The lowest BCUT2D eigenvalue weighted by Gasteiger charge is -2.58. The molecule has 0 aliphatic heterocycles. The number of ether oxygens (including phenoxy) is 1. The number of halogens is 3. The van der Waals surface area contributed by atoms with Gasteiger partial charge in [-0.1, -0.05) is 28.1 Å². The van der Waals surface area contributed by atoms with Crippen LogP contribution in [0.4, 0.5) is 8.78 Å². The van der Waals surface area contributed by atoms with Crippen LogP contribution in [0.3, 0.4) is 0 Å². The van der Waals surface area contributed by atoms with Crippen molar-refractivity contribution in [3.05, 3.63) is 35.4 Å². The fraction of sp³-hybridized carbons (Fsp3) is 0.611. The summed E-state index contributed by atoms with van der Waals surface area (Å²) in [7, 11) is 0. The van der Waals surface area contributed by atoms with Gasteiger partial charge in [0.05, 0.1) is 5.41 Å². The van der Waals surface area contributed by atoms with Crippen LogP contribution in [0.1, 0.15) is 44.1 Å². The van der Waals surface area contributed by atoms with E-state index in [0.717, 1.165) is 38.2 Å². The SMILES string of the molecule is O=C(OCc1cccc(F)c1F)C12CC3CC(CC(Br)(C3)C1)C2. The lowest BCUT2D eigenvalue weighted by molar-refractivity contribution is -0.171. The van der Waals surface area contributed by atoms with Gasteiger partial charge in [0.2, 0.25) is 0 Å². The van der Waals surface area contributed by atoms with Gasteiger partial charge in [-0.15, -0.1) is 0 Å². The van der Waals surface area contributed by atoms with E-state index in [2.05, 4.69) is 15.9 Å². The van der Waals surface area contributed by atoms with E-state index in [4.69, 9.17) is 4.74 Å². The van der Waals surface area contributed by atoms with Crippen molar-refractivity contribution in [1.82, 2.24) is 0 Å². The normalized spacial score (nSPS) is 37.9. The van der Waals surface area contributed by atoms with Gasteiger partial charge in [0.15, 0.2) is 11.6 Å². The summed E-state index contributed by atoms with van der Waals surface area (Å²) in [5.74, 6) is -0.919. The standard InChI is InChI=1S/C18H19BrF2O2/c19-18-7-11-4-12(8-18)6-17(5-11,10-18)16(22)23-9-13-2-1-3-14(20)15(13)21/h1-3,11-12H,4-10H2. The fourth-order valence-corrected chi connectivity index (χ4v) is 6.80. The van der Waals surface area contributed by atoms with E-state index in [-0.39, 0.29) is 22.5 Å². The van der Waals surface area contributed by atoms with Gasteiger partial charge >= 0.3 is 5.97 Å². The molecule has 5 heteroatoms. The lowest BCUT2D eigenvalue weighted by Crippen LogP contribution is -2.56. The van der Waals surface area contributed by atoms with Gasteiger partial charge in [0.1, 0.15) is 6.61 Å². The molecule has 0 radical (unpaired) electrons. The minimum atomic E-state index is -0.928. The second kappa shape index (κ2) is 5.27. The highest BCUT2D eigenvalue weighted by Gasteiger charge is 2.60. The summed E-state index contributed by atoms with van der Waals surface area (Å²) in [4.78, 5) is 12.7. The van der Waals surface area contributed by atoms with Crippen LogP contribution in [0.25, 0.3) is 0 Å². The number of rotatable bonds is 3. The molecule has 0 aromatic heterocycles. The summed E-state index contributed by atoms with van der Waals surface area (Å²) < 4.78 is 32.4. The van der Waals surface area contributed by atoms with Crippen molar-refractivity contribution in [1.29, 1.82) is 0 Å². The second-order valence-corrected chi connectivity index (χ2v) is 9.36. The molecule has 4 bridgehead atoms. The Morgan fingerprint density at radius 2 is 1.91 bits per heavy atom. The van der Waals surface area contributed by atoms with Crippen LogP contribution < -0.4 is 0 Å². The minimum absolute atomic E-state index is 0.0697. The molecule has 0 saturated heterocycles. The summed E-state index contributed by atoms with van der Waals surface area (Å²) in [6, 6.07) is 3.95. The molecule has 2 atom stereocenters. The van der Waals surface area contributed by atoms with Crippen LogP contribution in [0, 0.1) is 28.9 Å². The highest BCUT2D eigenvalue weighted by molar-refractivity contribution is 9.10. The Labute approximate surface area is 142 Å². The number of hydrogen-bond acceptors (Lipinski definition) is 2. The number of esters is 1. The zero-order valence-electron chi connectivity index (χ0n) is 12.8. The van der Waals surface area contributed by atoms with Gasteiger partial charge in [-0.25, -0.2) is 8.78 Å². The molecule has 4 fully saturated rings. The summed E-state index contributed by atoms with van der Waals surface area (Å²) in [5, 5.41) is 0. The van der Waals surface area contributed by atoms with Gasteiger partial charge < -0.3 is 4.74 Å². The summed E-state index contributed by atoms with van der Waals surface area (Å²) >= 11 is 3.86. The summed E-state index contributed by atoms with van der Waals surface area (Å²) in [6.45, 7) is -0.200. The highest BCUT2D eigenvalue weighted by atomic mass is 79.9. The van der Waals surface area contributed by atoms with E-state index in [1.807, 2.05) is 0 Å². The van der Waals surface area contributed by atoms with Crippen LogP contribution in [0.5, 0.6) is 0 Å². The largest absolute Gasteiger partial charge is 0.460 e. The molecule has 4 aliphatic carbocycles. The van der Waals surface area contributed by atoms with Crippen molar-refractivity contribution in [3.63, 3.8) is 0 Å². The van der Waals surface area contributed by atoms with Crippen molar-refractivity contribution < 1.29 is 18.3 Å². The smallest absolute Gasteiger partial charge is 0.312 e.